The number of likely N-dealkylation sites (tertiary alicyclic amines) is 1. The number of hydrogen-bond acceptors (Lipinski definition) is 4. The lowest BCUT2D eigenvalue weighted by Gasteiger charge is -2.33. The van der Waals surface area contributed by atoms with Gasteiger partial charge < -0.3 is 20.6 Å². The normalized spacial score (nSPS) is 16.6. The minimum absolute atomic E-state index is 0.0741. The summed E-state index contributed by atoms with van der Waals surface area (Å²) in [7, 11) is 4.15. The third-order valence-corrected chi connectivity index (χ3v) is 3.79. The van der Waals surface area contributed by atoms with Gasteiger partial charge in [0, 0.05) is 25.3 Å². The van der Waals surface area contributed by atoms with Crippen molar-refractivity contribution in [3.05, 3.63) is 23.8 Å². The first-order valence-corrected chi connectivity index (χ1v) is 7.00. The van der Waals surface area contributed by atoms with Gasteiger partial charge in [-0.2, -0.15) is 0 Å². The van der Waals surface area contributed by atoms with Crippen LogP contribution in [0.3, 0.4) is 0 Å². The van der Waals surface area contributed by atoms with Crippen LogP contribution in [0.25, 0.3) is 0 Å². The molecule has 1 amide bonds. The van der Waals surface area contributed by atoms with Crippen LogP contribution < -0.4 is 5.73 Å². The molecule has 2 rings (SSSR count). The average molecular weight is 277 g/mol. The van der Waals surface area contributed by atoms with Gasteiger partial charge in [0.05, 0.1) is 5.56 Å². The molecule has 110 valence electrons. The Kier molecular flexibility index (Phi) is 4.49. The summed E-state index contributed by atoms with van der Waals surface area (Å²) in [6, 6.07) is 4.51. The molecule has 0 aliphatic carbocycles. The predicted octanol–water partition coefficient (Wildman–Crippen LogP) is 1.39. The second-order valence-corrected chi connectivity index (χ2v) is 5.77. The van der Waals surface area contributed by atoms with Crippen molar-refractivity contribution in [2.75, 3.05) is 39.5 Å². The molecule has 1 heterocycles. The Hall–Kier alpha value is -1.75. The summed E-state index contributed by atoms with van der Waals surface area (Å²) in [5.41, 5.74) is 6.64. The summed E-state index contributed by atoms with van der Waals surface area (Å²) in [5, 5.41) is 9.49. The third-order valence-electron chi connectivity index (χ3n) is 3.79. The van der Waals surface area contributed by atoms with Crippen molar-refractivity contribution in [3.8, 4) is 5.75 Å². The van der Waals surface area contributed by atoms with Gasteiger partial charge in [-0.05, 0) is 51.1 Å². The highest BCUT2D eigenvalue weighted by Crippen LogP contribution is 2.24. The molecule has 0 atom stereocenters. The van der Waals surface area contributed by atoms with Crippen LogP contribution in [0.15, 0.2) is 18.2 Å². The number of piperidine rings is 1. The fourth-order valence-electron chi connectivity index (χ4n) is 2.73. The zero-order valence-corrected chi connectivity index (χ0v) is 12.2. The first kappa shape index (κ1) is 14.7. The number of aromatic hydroxyl groups is 1. The van der Waals surface area contributed by atoms with Gasteiger partial charge >= 0.3 is 0 Å². The van der Waals surface area contributed by atoms with E-state index in [9.17, 15) is 9.90 Å². The molecule has 1 aliphatic heterocycles. The van der Waals surface area contributed by atoms with Crippen molar-refractivity contribution >= 4 is 11.6 Å². The largest absolute Gasteiger partial charge is 0.508 e. The van der Waals surface area contributed by atoms with Gasteiger partial charge in [-0.25, -0.2) is 0 Å². The molecule has 1 aromatic rings. The van der Waals surface area contributed by atoms with E-state index in [-0.39, 0.29) is 11.7 Å². The SMILES string of the molecule is CN(C)CC1CCN(C(=O)c2cc(O)ccc2N)CC1. The van der Waals surface area contributed by atoms with Gasteiger partial charge in [0.1, 0.15) is 5.75 Å². The van der Waals surface area contributed by atoms with Crippen LogP contribution in [0.1, 0.15) is 23.2 Å². The summed E-state index contributed by atoms with van der Waals surface area (Å²) in [5.74, 6) is 0.641. The van der Waals surface area contributed by atoms with E-state index in [0.29, 0.717) is 17.2 Å². The lowest BCUT2D eigenvalue weighted by molar-refractivity contribution is 0.0678. The molecule has 0 aromatic heterocycles. The van der Waals surface area contributed by atoms with Crippen molar-refractivity contribution < 1.29 is 9.90 Å². The van der Waals surface area contributed by atoms with Gasteiger partial charge in [0.15, 0.2) is 0 Å². The molecule has 1 fully saturated rings. The second kappa shape index (κ2) is 6.13. The van der Waals surface area contributed by atoms with Crippen LogP contribution in [0.5, 0.6) is 5.75 Å². The maximum Gasteiger partial charge on any atom is 0.256 e. The molecule has 20 heavy (non-hydrogen) atoms. The molecule has 5 nitrogen and oxygen atoms in total. The number of nitrogens with two attached hydrogens (primary N) is 1. The smallest absolute Gasteiger partial charge is 0.256 e. The van der Waals surface area contributed by atoms with Crippen LogP contribution in [0.4, 0.5) is 5.69 Å². The lowest BCUT2D eigenvalue weighted by Crippen LogP contribution is -2.40. The monoisotopic (exact) mass is 277 g/mol. The number of benzene rings is 1. The molecule has 0 unspecified atom stereocenters. The topological polar surface area (TPSA) is 69.8 Å². The van der Waals surface area contributed by atoms with Crippen molar-refractivity contribution in [1.29, 1.82) is 0 Å². The standard InChI is InChI=1S/C15H23N3O2/c1-17(2)10-11-5-7-18(8-6-11)15(20)13-9-12(19)3-4-14(13)16/h3-4,9,11,19H,5-8,10,16H2,1-2H3. The highest BCUT2D eigenvalue weighted by Gasteiger charge is 2.25. The van der Waals surface area contributed by atoms with E-state index >= 15 is 0 Å². The van der Waals surface area contributed by atoms with Crippen LogP contribution in [0, 0.1) is 5.92 Å². The van der Waals surface area contributed by atoms with Gasteiger partial charge in [-0.1, -0.05) is 0 Å². The molecule has 1 aliphatic rings. The second-order valence-electron chi connectivity index (χ2n) is 5.77. The molecular weight excluding hydrogens is 254 g/mol. The predicted molar refractivity (Wildman–Crippen MR) is 79.7 cm³/mol. The lowest BCUT2D eigenvalue weighted by atomic mass is 9.96. The number of rotatable bonds is 3. The van der Waals surface area contributed by atoms with Crippen LogP contribution >= 0.6 is 0 Å². The molecule has 1 aromatic carbocycles. The Balaban J connectivity index is 2.00. The number of amides is 1. The van der Waals surface area contributed by atoms with E-state index in [4.69, 9.17) is 5.73 Å². The number of carbonyl (C=O) groups is 1. The highest BCUT2D eigenvalue weighted by atomic mass is 16.3. The molecule has 1 saturated heterocycles. The van der Waals surface area contributed by atoms with Gasteiger partial charge in [-0.3, -0.25) is 4.79 Å². The molecule has 0 radical (unpaired) electrons. The molecule has 0 spiro atoms. The maximum absolute atomic E-state index is 12.4. The van der Waals surface area contributed by atoms with Crippen molar-refractivity contribution in [2.45, 2.75) is 12.8 Å². The summed E-state index contributed by atoms with van der Waals surface area (Å²) < 4.78 is 0. The quantitative estimate of drug-likeness (QED) is 0.647. The average Bonchev–Trinajstić information content (AvgIpc) is 2.41. The van der Waals surface area contributed by atoms with E-state index in [1.54, 1.807) is 6.07 Å². The highest BCUT2D eigenvalue weighted by molar-refractivity contribution is 5.99. The number of phenols is 1. The number of nitrogen functional groups attached to an aromatic ring is 1. The summed E-state index contributed by atoms with van der Waals surface area (Å²) in [6.45, 7) is 2.58. The fraction of sp³-hybridized carbons (Fsp3) is 0.533. The zero-order chi connectivity index (χ0) is 14.7. The van der Waals surface area contributed by atoms with E-state index in [1.807, 2.05) is 4.90 Å². The number of hydrogen-bond donors (Lipinski definition) is 2. The minimum Gasteiger partial charge on any atom is -0.508 e. The molecule has 3 N–H and O–H groups in total. The van der Waals surface area contributed by atoms with Crippen LogP contribution in [-0.2, 0) is 0 Å². The number of phenolic OH excluding ortho intramolecular Hbond substituents is 1. The van der Waals surface area contributed by atoms with E-state index in [2.05, 4.69) is 19.0 Å². The van der Waals surface area contributed by atoms with Gasteiger partial charge in [0.25, 0.3) is 5.91 Å². The third kappa shape index (κ3) is 3.42. The Morgan fingerprint density at radius 3 is 2.65 bits per heavy atom. The summed E-state index contributed by atoms with van der Waals surface area (Å²) in [4.78, 5) is 16.4. The Labute approximate surface area is 120 Å². The Morgan fingerprint density at radius 2 is 2.05 bits per heavy atom. The molecular formula is C15H23N3O2. The summed E-state index contributed by atoms with van der Waals surface area (Å²) in [6.07, 6.45) is 2.03. The number of anilines is 1. The van der Waals surface area contributed by atoms with E-state index in [1.165, 1.54) is 12.1 Å². The number of carbonyl (C=O) groups excluding carboxylic acids is 1. The van der Waals surface area contributed by atoms with Crippen molar-refractivity contribution in [3.63, 3.8) is 0 Å². The van der Waals surface area contributed by atoms with Crippen molar-refractivity contribution in [1.82, 2.24) is 9.80 Å². The van der Waals surface area contributed by atoms with Gasteiger partial charge in [0.2, 0.25) is 0 Å². The summed E-state index contributed by atoms with van der Waals surface area (Å²) >= 11 is 0. The maximum atomic E-state index is 12.4. The first-order chi connectivity index (χ1) is 9.47. The fourth-order valence-corrected chi connectivity index (χ4v) is 2.73. The van der Waals surface area contributed by atoms with Crippen molar-refractivity contribution in [2.24, 2.45) is 5.92 Å². The Morgan fingerprint density at radius 1 is 1.40 bits per heavy atom. The molecule has 0 saturated carbocycles. The molecule has 5 heteroatoms. The number of nitrogens with zero attached hydrogens (tertiary/aromatic N) is 2. The first-order valence-electron chi connectivity index (χ1n) is 7.00. The van der Waals surface area contributed by atoms with Gasteiger partial charge in [-0.15, -0.1) is 0 Å². The Bertz CT molecular complexity index is 480. The molecule has 0 bridgehead atoms. The van der Waals surface area contributed by atoms with E-state index in [0.717, 1.165) is 32.5 Å². The van der Waals surface area contributed by atoms with Crippen LogP contribution in [0.2, 0.25) is 0 Å². The zero-order valence-electron chi connectivity index (χ0n) is 12.2. The van der Waals surface area contributed by atoms with E-state index < -0.39 is 0 Å². The minimum atomic E-state index is -0.0818. The van der Waals surface area contributed by atoms with Crippen LogP contribution in [-0.4, -0.2) is 54.5 Å².